The average molecular weight is 241 g/mol. The van der Waals surface area contributed by atoms with E-state index in [1.54, 1.807) is 6.07 Å². The molecule has 0 unspecified atom stereocenters. The lowest BCUT2D eigenvalue weighted by Gasteiger charge is -2.06. The minimum absolute atomic E-state index is 0.0127. The number of nitrogens with one attached hydrogen (secondary N) is 1. The minimum Gasteiger partial charge on any atom is -0.355 e. The van der Waals surface area contributed by atoms with Gasteiger partial charge in [-0.15, -0.1) is 0 Å². The lowest BCUT2D eigenvalue weighted by atomic mass is 10.2. The maximum Gasteiger partial charge on any atom is 0.239 e. The molecule has 4 heteroatoms. The Kier molecular flexibility index (Phi) is 3.63. The van der Waals surface area contributed by atoms with E-state index < -0.39 is 0 Å². The Labute approximate surface area is 106 Å². The molecule has 2 rings (SSSR count). The van der Waals surface area contributed by atoms with Gasteiger partial charge in [0.1, 0.15) is 6.54 Å². The van der Waals surface area contributed by atoms with Gasteiger partial charge in [-0.05, 0) is 30.7 Å². The second-order valence-electron chi connectivity index (χ2n) is 4.18. The van der Waals surface area contributed by atoms with Gasteiger partial charge in [-0.3, -0.25) is 4.79 Å². The highest BCUT2D eigenvalue weighted by Gasteiger charge is 2.06. The summed E-state index contributed by atoms with van der Waals surface area (Å²) in [6.07, 6.45) is 2.81. The molecular weight excluding hydrogens is 226 g/mol. The summed E-state index contributed by atoms with van der Waals surface area (Å²) in [6.45, 7) is 3.04. The highest BCUT2D eigenvalue weighted by Crippen LogP contribution is 2.17. The van der Waals surface area contributed by atoms with Crippen LogP contribution in [-0.2, 0) is 11.3 Å². The van der Waals surface area contributed by atoms with Gasteiger partial charge < -0.3 is 9.88 Å². The fourth-order valence-corrected chi connectivity index (χ4v) is 1.88. The Morgan fingerprint density at radius 1 is 1.44 bits per heavy atom. The van der Waals surface area contributed by atoms with Crippen LogP contribution in [-0.4, -0.2) is 17.0 Å². The van der Waals surface area contributed by atoms with E-state index in [4.69, 9.17) is 5.26 Å². The standard InChI is InChI=1S/C14H15N3O/c1-2-6-16-14(18)10-17-7-5-12-8-11(9-15)3-4-13(12)17/h3-5,7-8H,2,6,10H2,1H3,(H,16,18). The normalized spacial score (nSPS) is 10.2. The fourth-order valence-electron chi connectivity index (χ4n) is 1.88. The highest BCUT2D eigenvalue weighted by atomic mass is 16.1. The molecule has 0 radical (unpaired) electrons. The molecule has 1 amide bonds. The van der Waals surface area contributed by atoms with Gasteiger partial charge in [-0.25, -0.2) is 0 Å². The van der Waals surface area contributed by atoms with Crippen molar-refractivity contribution in [2.45, 2.75) is 19.9 Å². The molecular formula is C14H15N3O. The van der Waals surface area contributed by atoms with Gasteiger partial charge in [0.05, 0.1) is 11.6 Å². The predicted molar refractivity (Wildman–Crippen MR) is 70.0 cm³/mol. The Morgan fingerprint density at radius 2 is 2.28 bits per heavy atom. The van der Waals surface area contributed by atoms with Crippen LogP contribution in [0.4, 0.5) is 0 Å². The zero-order chi connectivity index (χ0) is 13.0. The van der Waals surface area contributed by atoms with Crippen molar-refractivity contribution in [2.24, 2.45) is 0 Å². The zero-order valence-corrected chi connectivity index (χ0v) is 10.3. The summed E-state index contributed by atoms with van der Waals surface area (Å²) in [5.41, 5.74) is 1.61. The van der Waals surface area contributed by atoms with Crippen LogP contribution >= 0.6 is 0 Å². The van der Waals surface area contributed by atoms with E-state index in [0.29, 0.717) is 18.7 Å². The van der Waals surface area contributed by atoms with E-state index in [1.807, 2.05) is 35.9 Å². The molecule has 0 aliphatic rings. The molecule has 1 aromatic heterocycles. The number of aromatic nitrogens is 1. The largest absolute Gasteiger partial charge is 0.355 e. The Bertz CT molecular complexity index is 607. The summed E-state index contributed by atoms with van der Waals surface area (Å²) in [4.78, 5) is 11.7. The lowest BCUT2D eigenvalue weighted by Crippen LogP contribution is -2.27. The van der Waals surface area contributed by atoms with Crippen LogP contribution in [0.15, 0.2) is 30.5 Å². The number of carbonyl (C=O) groups is 1. The van der Waals surface area contributed by atoms with Gasteiger partial charge in [0, 0.05) is 23.6 Å². The molecule has 0 aliphatic heterocycles. The summed E-state index contributed by atoms with van der Waals surface area (Å²) >= 11 is 0. The molecule has 92 valence electrons. The molecule has 4 nitrogen and oxygen atoms in total. The number of amides is 1. The van der Waals surface area contributed by atoms with Gasteiger partial charge in [0.2, 0.25) is 5.91 Å². The van der Waals surface area contributed by atoms with Crippen LogP contribution in [0.25, 0.3) is 10.9 Å². The second kappa shape index (κ2) is 5.37. The molecule has 1 N–H and O–H groups in total. The van der Waals surface area contributed by atoms with E-state index >= 15 is 0 Å². The number of rotatable bonds is 4. The van der Waals surface area contributed by atoms with E-state index in [9.17, 15) is 4.79 Å². The average Bonchev–Trinajstić information content (AvgIpc) is 2.78. The van der Waals surface area contributed by atoms with Crippen molar-refractivity contribution in [1.82, 2.24) is 9.88 Å². The first-order chi connectivity index (χ1) is 8.74. The van der Waals surface area contributed by atoms with Gasteiger partial charge >= 0.3 is 0 Å². The summed E-state index contributed by atoms with van der Waals surface area (Å²) in [5, 5.41) is 12.7. The third kappa shape index (κ3) is 2.51. The third-order valence-corrected chi connectivity index (χ3v) is 2.79. The van der Waals surface area contributed by atoms with E-state index in [0.717, 1.165) is 17.3 Å². The number of hydrogen-bond acceptors (Lipinski definition) is 2. The molecule has 0 fully saturated rings. The summed E-state index contributed by atoms with van der Waals surface area (Å²) in [7, 11) is 0. The summed E-state index contributed by atoms with van der Waals surface area (Å²) < 4.78 is 1.89. The number of hydrogen-bond donors (Lipinski definition) is 1. The Balaban J connectivity index is 2.20. The van der Waals surface area contributed by atoms with E-state index in [1.165, 1.54) is 0 Å². The van der Waals surface area contributed by atoms with Crippen molar-refractivity contribution in [1.29, 1.82) is 5.26 Å². The maximum atomic E-state index is 11.7. The predicted octanol–water partition coefficient (Wildman–Crippen LogP) is 2.04. The fraction of sp³-hybridized carbons (Fsp3) is 0.286. The van der Waals surface area contributed by atoms with Crippen LogP contribution in [0.1, 0.15) is 18.9 Å². The number of nitriles is 1. The quantitative estimate of drug-likeness (QED) is 0.890. The zero-order valence-electron chi connectivity index (χ0n) is 10.3. The van der Waals surface area contributed by atoms with E-state index in [-0.39, 0.29) is 5.91 Å². The summed E-state index contributed by atoms with van der Waals surface area (Å²) in [5.74, 6) is 0.0127. The van der Waals surface area contributed by atoms with Gasteiger partial charge in [-0.2, -0.15) is 5.26 Å². The second-order valence-corrected chi connectivity index (χ2v) is 4.18. The molecule has 0 bridgehead atoms. The number of carbonyl (C=O) groups excluding carboxylic acids is 1. The van der Waals surface area contributed by atoms with E-state index in [2.05, 4.69) is 11.4 Å². The molecule has 0 saturated carbocycles. The monoisotopic (exact) mass is 241 g/mol. The van der Waals surface area contributed by atoms with Crippen LogP contribution in [0.3, 0.4) is 0 Å². The van der Waals surface area contributed by atoms with Crippen molar-refractivity contribution in [2.75, 3.05) is 6.54 Å². The molecule has 0 spiro atoms. The topological polar surface area (TPSA) is 57.8 Å². The molecule has 0 saturated heterocycles. The Hall–Kier alpha value is -2.28. The van der Waals surface area contributed by atoms with Crippen molar-refractivity contribution in [3.8, 4) is 6.07 Å². The first-order valence-corrected chi connectivity index (χ1v) is 6.00. The molecule has 0 atom stereocenters. The first-order valence-electron chi connectivity index (χ1n) is 6.00. The smallest absolute Gasteiger partial charge is 0.239 e. The van der Waals surface area contributed by atoms with Crippen molar-refractivity contribution in [3.63, 3.8) is 0 Å². The van der Waals surface area contributed by atoms with Gasteiger partial charge in [0.25, 0.3) is 0 Å². The molecule has 1 aromatic carbocycles. The minimum atomic E-state index is 0.0127. The molecule has 1 heterocycles. The maximum absolute atomic E-state index is 11.7. The Morgan fingerprint density at radius 3 is 3.00 bits per heavy atom. The van der Waals surface area contributed by atoms with Crippen molar-refractivity contribution in [3.05, 3.63) is 36.0 Å². The number of nitrogens with zero attached hydrogens (tertiary/aromatic N) is 2. The highest BCUT2D eigenvalue weighted by molar-refractivity contribution is 5.84. The van der Waals surface area contributed by atoms with Crippen LogP contribution in [0.5, 0.6) is 0 Å². The van der Waals surface area contributed by atoms with Gasteiger partial charge in [-0.1, -0.05) is 6.92 Å². The summed E-state index contributed by atoms with van der Waals surface area (Å²) in [6, 6.07) is 9.50. The van der Waals surface area contributed by atoms with Crippen LogP contribution in [0.2, 0.25) is 0 Å². The molecule has 2 aromatic rings. The van der Waals surface area contributed by atoms with Crippen molar-refractivity contribution < 1.29 is 4.79 Å². The number of fused-ring (bicyclic) bond motifs is 1. The van der Waals surface area contributed by atoms with Crippen LogP contribution < -0.4 is 5.32 Å². The molecule has 18 heavy (non-hydrogen) atoms. The lowest BCUT2D eigenvalue weighted by molar-refractivity contribution is -0.121. The van der Waals surface area contributed by atoms with Gasteiger partial charge in [0.15, 0.2) is 0 Å². The SMILES string of the molecule is CCCNC(=O)Cn1ccc2cc(C#N)ccc21. The van der Waals surface area contributed by atoms with Crippen LogP contribution in [0, 0.1) is 11.3 Å². The third-order valence-electron chi connectivity index (χ3n) is 2.79. The van der Waals surface area contributed by atoms with Crippen molar-refractivity contribution >= 4 is 16.8 Å². The first kappa shape index (κ1) is 12.2. The molecule has 0 aliphatic carbocycles. The number of benzene rings is 1.